The van der Waals surface area contributed by atoms with Gasteiger partial charge >= 0.3 is 0 Å². The second kappa shape index (κ2) is 6.74. The molecule has 0 radical (unpaired) electrons. The lowest BCUT2D eigenvalue weighted by atomic mass is 9.76. The third-order valence-electron chi connectivity index (χ3n) is 6.37. The van der Waals surface area contributed by atoms with Gasteiger partial charge in [0.25, 0.3) is 0 Å². The topological polar surface area (TPSA) is 3.24 Å². The van der Waals surface area contributed by atoms with E-state index in [4.69, 9.17) is 0 Å². The van der Waals surface area contributed by atoms with Crippen molar-refractivity contribution in [2.75, 3.05) is 19.0 Å². The molecule has 0 amide bonds. The molecule has 0 atom stereocenters. The van der Waals surface area contributed by atoms with Gasteiger partial charge in [-0.25, -0.2) is 0 Å². The summed E-state index contributed by atoms with van der Waals surface area (Å²) < 4.78 is 0. The predicted octanol–water partition coefficient (Wildman–Crippen LogP) is 7.44. The molecule has 30 heavy (non-hydrogen) atoms. The Morgan fingerprint density at radius 1 is 0.733 bits per heavy atom. The maximum atomic E-state index is 2.35. The molecule has 0 unspecified atom stereocenters. The van der Waals surface area contributed by atoms with Crippen LogP contribution < -0.4 is 4.90 Å². The van der Waals surface area contributed by atoms with Gasteiger partial charge in [0, 0.05) is 19.8 Å². The lowest BCUT2D eigenvalue weighted by Gasteiger charge is -2.28. The molecule has 0 N–H and O–H groups in total. The van der Waals surface area contributed by atoms with Gasteiger partial charge in [-0.1, -0.05) is 81.4 Å². The zero-order valence-electron chi connectivity index (χ0n) is 18.6. The minimum absolute atomic E-state index is 0.0607. The predicted molar refractivity (Wildman–Crippen MR) is 131 cm³/mol. The highest BCUT2D eigenvalue weighted by Crippen LogP contribution is 2.51. The van der Waals surface area contributed by atoms with Gasteiger partial charge in [0.2, 0.25) is 0 Å². The van der Waals surface area contributed by atoms with E-state index in [-0.39, 0.29) is 5.41 Å². The van der Waals surface area contributed by atoms with E-state index in [0.29, 0.717) is 0 Å². The third-order valence-corrected chi connectivity index (χ3v) is 6.37. The van der Waals surface area contributed by atoms with E-state index in [2.05, 4.69) is 113 Å². The Hall–Kier alpha value is -3.06. The number of anilines is 1. The van der Waals surface area contributed by atoms with Crippen molar-refractivity contribution in [1.82, 2.24) is 0 Å². The van der Waals surface area contributed by atoms with Gasteiger partial charge in [-0.3, -0.25) is 0 Å². The third kappa shape index (κ3) is 2.84. The Labute approximate surface area is 180 Å². The minimum Gasteiger partial charge on any atom is -0.378 e. The first-order valence-electron chi connectivity index (χ1n) is 10.8. The van der Waals surface area contributed by atoms with Gasteiger partial charge in [-0.2, -0.15) is 0 Å². The van der Waals surface area contributed by atoms with Gasteiger partial charge in [0.1, 0.15) is 0 Å². The van der Waals surface area contributed by atoms with Gasteiger partial charge in [-0.15, -0.1) is 0 Å². The van der Waals surface area contributed by atoms with E-state index >= 15 is 0 Å². The number of nitrogens with zero attached hydrogens (tertiary/aromatic N) is 1. The van der Waals surface area contributed by atoms with E-state index in [1.807, 2.05) is 0 Å². The molecule has 0 heterocycles. The fraction of sp³-hybridized carbons (Fsp3) is 0.241. The van der Waals surface area contributed by atoms with Gasteiger partial charge in [0.15, 0.2) is 0 Å². The van der Waals surface area contributed by atoms with Crippen LogP contribution in [0.1, 0.15) is 37.5 Å². The molecule has 1 aliphatic carbocycles. The van der Waals surface area contributed by atoms with Gasteiger partial charge in [-0.05, 0) is 73.7 Å². The highest BCUT2D eigenvalue weighted by molar-refractivity contribution is 6.07. The van der Waals surface area contributed by atoms with Crippen molar-refractivity contribution < 1.29 is 0 Å². The molecular formula is C29H29N. The Morgan fingerprint density at radius 3 is 2.17 bits per heavy atom. The molecule has 1 aliphatic rings. The van der Waals surface area contributed by atoms with Crippen LogP contribution in [0.5, 0.6) is 0 Å². The first-order valence-corrected chi connectivity index (χ1v) is 10.8. The van der Waals surface area contributed by atoms with Crippen LogP contribution in [0.15, 0.2) is 72.8 Å². The normalized spacial score (nSPS) is 12.7. The number of fused-ring (bicyclic) bond motifs is 4. The van der Waals surface area contributed by atoms with Crippen LogP contribution >= 0.6 is 0 Å². The zero-order valence-corrected chi connectivity index (χ0v) is 18.6. The largest absolute Gasteiger partial charge is 0.378 e. The Balaban J connectivity index is 1.95. The van der Waals surface area contributed by atoms with Crippen LogP contribution in [-0.2, 0) is 11.8 Å². The molecule has 0 saturated heterocycles. The molecule has 1 heteroatoms. The molecule has 1 nitrogen and oxygen atoms in total. The van der Waals surface area contributed by atoms with E-state index in [0.717, 1.165) is 6.42 Å². The number of benzene rings is 4. The molecule has 150 valence electrons. The molecule has 4 aromatic carbocycles. The van der Waals surface area contributed by atoms with Gasteiger partial charge in [0.05, 0.1) is 0 Å². The Bertz CT molecular complexity index is 1270. The van der Waals surface area contributed by atoms with E-state index in [1.54, 1.807) is 0 Å². The van der Waals surface area contributed by atoms with Crippen LogP contribution in [0.3, 0.4) is 0 Å². The van der Waals surface area contributed by atoms with Crippen molar-refractivity contribution in [2.45, 2.75) is 32.6 Å². The summed E-state index contributed by atoms with van der Waals surface area (Å²) in [6.45, 7) is 7.05. The van der Waals surface area contributed by atoms with Crippen LogP contribution in [0.2, 0.25) is 0 Å². The second-order valence-corrected chi connectivity index (χ2v) is 9.68. The highest BCUT2D eigenvalue weighted by Gasteiger charge is 2.32. The quantitative estimate of drug-likeness (QED) is 0.302. The summed E-state index contributed by atoms with van der Waals surface area (Å²) >= 11 is 0. The SMILES string of the molecule is CN(C)c1cccc(-c2c3c(c(C(C)(C)C)c4ccccc24)-c2ccccc2C3)c1. The Kier molecular flexibility index (Phi) is 4.25. The molecule has 0 aromatic heterocycles. The van der Waals surface area contributed by atoms with Crippen LogP contribution in [0.25, 0.3) is 33.0 Å². The van der Waals surface area contributed by atoms with Crippen molar-refractivity contribution >= 4 is 16.5 Å². The molecule has 4 aromatic rings. The zero-order chi connectivity index (χ0) is 21.0. The monoisotopic (exact) mass is 391 g/mol. The van der Waals surface area contributed by atoms with E-state index in [9.17, 15) is 0 Å². The summed E-state index contributed by atoms with van der Waals surface area (Å²) in [5, 5.41) is 2.75. The summed E-state index contributed by atoms with van der Waals surface area (Å²) in [6.07, 6.45) is 1.00. The highest BCUT2D eigenvalue weighted by atomic mass is 15.1. The van der Waals surface area contributed by atoms with Crippen molar-refractivity contribution in [1.29, 1.82) is 0 Å². The molecular weight excluding hydrogens is 362 g/mol. The molecule has 0 spiro atoms. The van der Waals surface area contributed by atoms with Crippen LogP contribution in [0.4, 0.5) is 5.69 Å². The molecule has 0 fully saturated rings. The first-order chi connectivity index (χ1) is 14.4. The van der Waals surface area contributed by atoms with Crippen molar-refractivity contribution in [3.05, 3.63) is 89.5 Å². The maximum absolute atomic E-state index is 2.35. The van der Waals surface area contributed by atoms with Crippen molar-refractivity contribution in [3.8, 4) is 22.3 Å². The smallest absolute Gasteiger partial charge is 0.0367 e. The van der Waals surface area contributed by atoms with Crippen LogP contribution in [-0.4, -0.2) is 14.1 Å². The Morgan fingerprint density at radius 2 is 1.43 bits per heavy atom. The average Bonchev–Trinajstić information content (AvgIpc) is 3.09. The standard InChI is InChI=1S/C29H29N/c1-29(2,3)28-24-16-9-8-15-23(24)26(20-12-10-13-21(17-20)30(4)5)25-18-19-11-6-7-14-22(19)27(25)28/h6-17H,18H2,1-5H3. The first kappa shape index (κ1) is 18.9. The summed E-state index contributed by atoms with van der Waals surface area (Å²) in [7, 11) is 4.22. The lowest BCUT2D eigenvalue weighted by molar-refractivity contribution is 0.597. The van der Waals surface area contributed by atoms with Crippen molar-refractivity contribution in [2.24, 2.45) is 0 Å². The summed E-state index contributed by atoms with van der Waals surface area (Å²) in [4.78, 5) is 2.18. The maximum Gasteiger partial charge on any atom is 0.0367 e. The molecule has 0 aliphatic heterocycles. The fourth-order valence-corrected chi connectivity index (χ4v) is 5.12. The number of hydrogen-bond donors (Lipinski definition) is 0. The number of rotatable bonds is 2. The van der Waals surface area contributed by atoms with Crippen LogP contribution in [0, 0.1) is 0 Å². The second-order valence-electron chi connectivity index (χ2n) is 9.68. The van der Waals surface area contributed by atoms with E-state index in [1.165, 1.54) is 55.4 Å². The van der Waals surface area contributed by atoms with E-state index < -0.39 is 0 Å². The molecule has 0 bridgehead atoms. The summed E-state index contributed by atoms with van der Waals surface area (Å²) in [6, 6.07) is 26.9. The fourth-order valence-electron chi connectivity index (χ4n) is 5.12. The summed E-state index contributed by atoms with van der Waals surface area (Å²) in [5.41, 5.74) is 11.3. The lowest BCUT2D eigenvalue weighted by Crippen LogP contribution is -2.14. The van der Waals surface area contributed by atoms with Gasteiger partial charge < -0.3 is 4.90 Å². The number of hydrogen-bond acceptors (Lipinski definition) is 1. The average molecular weight is 392 g/mol. The minimum atomic E-state index is 0.0607. The summed E-state index contributed by atoms with van der Waals surface area (Å²) in [5.74, 6) is 0. The molecule has 0 saturated carbocycles. The molecule has 5 rings (SSSR count). The van der Waals surface area contributed by atoms with Crippen molar-refractivity contribution in [3.63, 3.8) is 0 Å².